The van der Waals surface area contributed by atoms with Crippen molar-refractivity contribution >= 4 is 23.3 Å². The maximum atomic E-state index is 12.7. The summed E-state index contributed by atoms with van der Waals surface area (Å²) in [6.07, 6.45) is -1.26. The van der Waals surface area contributed by atoms with E-state index in [9.17, 15) is 13.2 Å². The van der Waals surface area contributed by atoms with Crippen LogP contribution in [-0.2, 0) is 6.18 Å². The zero-order valence-corrected chi connectivity index (χ0v) is 14.3. The van der Waals surface area contributed by atoms with Crippen LogP contribution in [0.3, 0.4) is 0 Å². The van der Waals surface area contributed by atoms with Gasteiger partial charge < -0.3 is 5.32 Å². The van der Waals surface area contributed by atoms with Gasteiger partial charge in [-0.2, -0.15) is 13.2 Å². The third-order valence-corrected chi connectivity index (χ3v) is 4.23. The van der Waals surface area contributed by atoms with Crippen molar-refractivity contribution in [1.29, 1.82) is 0 Å². The van der Waals surface area contributed by atoms with Gasteiger partial charge in [0.05, 0.1) is 5.56 Å². The summed E-state index contributed by atoms with van der Waals surface area (Å²) >= 11 is 1.51. The molecule has 7 heteroatoms. The zero-order valence-electron chi connectivity index (χ0n) is 13.5. The van der Waals surface area contributed by atoms with Gasteiger partial charge in [-0.3, -0.25) is 4.98 Å². The number of nitrogens with one attached hydrogen (secondary N) is 1. The van der Waals surface area contributed by atoms with Gasteiger partial charge in [0.2, 0.25) is 0 Å². The Morgan fingerprint density at radius 3 is 2.19 bits per heavy atom. The van der Waals surface area contributed by atoms with Gasteiger partial charge in [0.25, 0.3) is 0 Å². The average Bonchev–Trinajstić information content (AvgIpc) is 2.63. The summed E-state index contributed by atoms with van der Waals surface area (Å²) in [7, 11) is 0. The van der Waals surface area contributed by atoms with Crippen LogP contribution in [0.4, 0.5) is 24.7 Å². The molecule has 1 aromatic heterocycles. The fourth-order valence-electron chi connectivity index (χ4n) is 2.31. The number of hydrogen-bond donors (Lipinski definition) is 1. The van der Waals surface area contributed by atoms with Gasteiger partial charge in [0, 0.05) is 28.5 Å². The van der Waals surface area contributed by atoms with Gasteiger partial charge in [-0.15, -0.1) is 0 Å². The lowest BCUT2D eigenvalue weighted by atomic mass is 10.1. The molecule has 2 aromatic carbocycles. The van der Waals surface area contributed by atoms with E-state index in [-0.39, 0.29) is 0 Å². The standard InChI is InChI=1S/C19H14F3N3S/c1-2-26-16-9-3-13(4-10-16)17-18(24-12-11-23-17)25-15-7-5-14(6-8-15)19(20,21)22/h2-12H,1H2,(H,24,25). The van der Waals surface area contributed by atoms with E-state index >= 15 is 0 Å². The molecule has 0 amide bonds. The van der Waals surface area contributed by atoms with Gasteiger partial charge >= 0.3 is 6.18 Å². The third-order valence-electron chi connectivity index (χ3n) is 3.52. The van der Waals surface area contributed by atoms with Crippen LogP contribution in [0.5, 0.6) is 0 Å². The Morgan fingerprint density at radius 2 is 1.58 bits per heavy atom. The minimum atomic E-state index is -4.36. The van der Waals surface area contributed by atoms with Crippen molar-refractivity contribution in [3.05, 3.63) is 78.5 Å². The van der Waals surface area contributed by atoms with E-state index in [4.69, 9.17) is 0 Å². The van der Waals surface area contributed by atoms with Crippen LogP contribution in [0.15, 0.2) is 77.8 Å². The highest BCUT2D eigenvalue weighted by Crippen LogP contribution is 2.32. The molecule has 0 unspecified atom stereocenters. The summed E-state index contributed by atoms with van der Waals surface area (Å²) in [5.41, 5.74) is 1.26. The van der Waals surface area contributed by atoms with Crippen molar-refractivity contribution in [3.63, 3.8) is 0 Å². The zero-order chi connectivity index (χ0) is 18.6. The fourth-order valence-corrected chi connectivity index (χ4v) is 2.79. The molecule has 3 aromatic rings. The number of alkyl halides is 3. The number of anilines is 2. The lowest BCUT2D eigenvalue weighted by Gasteiger charge is -2.12. The lowest BCUT2D eigenvalue weighted by Crippen LogP contribution is -2.05. The molecule has 0 radical (unpaired) electrons. The van der Waals surface area contributed by atoms with Crippen LogP contribution in [0, 0.1) is 0 Å². The smallest absolute Gasteiger partial charge is 0.338 e. The molecule has 132 valence electrons. The highest BCUT2D eigenvalue weighted by atomic mass is 32.2. The second-order valence-electron chi connectivity index (χ2n) is 5.26. The van der Waals surface area contributed by atoms with E-state index in [0.29, 0.717) is 17.2 Å². The number of thioether (sulfide) groups is 1. The van der Waals surface area contributed by atoms with Crippen LogP contribution >= 0.6 is 11.8 Å². The van der Waals surface area contributed by atoms with E-state index in [1.165, 1.54) is 30.1 Å². The minimum Gasteiger partial charge on any atom is -0.338 e. The highest BCUT2D eigenvalue weighted by molar-refractivity contribution is 8.02. The molecule has 0 spiro atoms. The topological polar surface area (TPSA) is 37.8 Å². The quantitative estimate of drug-likeness (QED) is 0.545. The molecule has 0 aliphatic rings. The van der Waals surface area contributed by atoms with E-state index in [0.717, 1.165) is 22.6 Å². The first-order valence-electron chi connectivity index (χ1n) is 7.60. The first kappa shape index (κ1) is 18.0. The Morgan fingerprint density at radius 1 is 0.923 bits per heavy atom. The van der Waals surface area contributed by atoms with Crippen molar-refractivity contribution in [2.75, 3.05) is 5.32 Å². The number of hydrogen-bond acceptors (Lipinski definition) is 4. The van der Waals surface area contributed by atoms with Crippen LogP contribution in [0.2, 0.25) is 0 Å². The van der Waals surface area contributed by atoms with Crippen molar-refractivity contribution in [1.82, 2.24) is 9.97 Å². The Labute approximate surface area is 153 Å². The molecule has 26 heavy (non-hydrogen) atoms. The van der Waals surface area contributed by atoms with E-state index < -0.39 is 11.7 Å². The predicted octanol–water partition coefficient (Wildman–Crippen LogP) is 6.14. The molecule has 0 bridgehead atoms. The predicted molar refractivity (Wildman–Crippen MR) is 98.2 cm³/mol. The first-order chi connectivity index (χ1) is 12.5. The summed E-state index contributed by atoms with van der Waals surface area (Å²) in [5, 5.41) is 4.77. The number of halogens is 3. The number of benzene rings is 2. The summed E-state index contributed by atoms with van der Waals surface area (Å²) < 4.78 is 38.0. The molecule has 0 saturated carbocycles. The Bertz CT molecular complexity index is 891. The monoisotopic (exact) mass is 373 g/mol. The number of nitrogens with zero attached hydrogens (tertiary/aromatic N) is 2. The SMILES string of the molecule is C=CSc1ccc(-c2nccnc2Nc2ccc(C(F)(F)F)cc2)cc1. The van der Waals surface area contributed by atoms with Crippen LogP contribution in [0.1, 0.15) is 5.56 Å². The van der Waals surface area contributed by atoms with Crippen LogP contribution in [-0.4, -0.2) is 9.97 Å². The first-order valence-corrected chi connectivity index (χ1v) is 8.48. The van der Waals surface area contributed by atoms with Crippen molar-refractivity contribution in [3.8, 4) is 11.3 Å². The lowest BCUT2D eigenvalue weighted by molar-refractivity contribution is -0.137. The third kappa shape index (κ3) is 4.23. The Hall–Kier alpha value is -2.80. The summed E-state index contributed by atoms with van der Waals surface area (Å²) in [6.45, 7) is 3.68. The van der Waals surface area contributed by atoms with Crippen LogP contribution < -0.4 is 5.32 Å². The molecular formula is C19H14F3N3S. The normalized spacial score (nSPS) is 11.2. The largest absolute Gasteiger partial charge is 0.416 e. The van der Waals surface area contributed by atoms with Crippen molar-refractivity contribution in [2.24, 2.45) is 0 Å². The maximum absolute atomic E-state index is 12.7. The van der Waals surface area contributed by atoms with Gasteiger partial charge in [-0.25, -0.2) is 4.98 Å². The summed E-state index contributed by atoms with van der Waals surface area (Å²) in [6, 6.07) is 12.5. The molecular weight excluding hydrogens is 359 g/mol. The van der Waals surface area contributed by atoms with Gasteiger partial charge in [-0.05, 0) is 41.8 Å². The fraction of sp³-hybridized carbons (Fsp3) is 0.0526. The highest BCUT2D eigenvalue weighted by Gasteiger charge is 2.29. The summed E-state index contributed by atoms with van der Waals surface area (Å²) in [5.74, 6) is 0.469. The molecule has 0 fully saturated rings. The van der Waals surface area contributed by atoms with Gasteiger partial charge in [-0.1, -0.05) is 30.5 Å². The number of rotatable bonds is 5. The van der Waals surface area contributed by atoms with E-state index in [1.807, 2.05) is 24.3 Å². The van der Waals surface area contributed by atoms with Crippen LogP contribution in [0.25, 0.3) is 11.3 Å². The second kappa shape index (κ2) is 7.61. The average molecular weight is 373 g/mol. The maximum Gasteiger partial charge on any atom is 0.416 e. The Balaban J connectivity index is 1.86. The van der Waals surface area contributed by atoms with E-state index in [2.05, 4.69) is 21.9 Å². The number of aromatic nitrogens is 2. The molecule has 0 aliphatic heterocycles. The van der Waals surface area contributed by atoms with Gasteiger partial charge in [0.1, 0.15) is 5.69 Å². The minimum absolute atomic E-state index is 0.469. The molecule has 3 rings (SSSR count). The molecule has 0 atom stereocenters. The summed E-state index contributed by atoms with van der Waals surface area (Å²) in [4.78, 5) is 9.65. The molecule has 1 heterocycles. The van der Waals surface area contributed by atoms with Gasteiger partial charge in [0.15, 0.2) is 5.82 Å². The van der Waals surface area contributed by atoms with Crippen molar-refractivity contribution in [2.45, 2.75) is 11.1 Å². The van der Waals surface area contributed by atoms with E-state index in [1.54, 1.807) is 11.6 Å². The molecule has 0 saturated heterocycles. The second-order valence-corrected chi connectivity index (χ2v) is 6.30. The molecule has 3 nitrogen and oxygen atoms in total. The molecule has 1 N–H and O–H groups in total. The molecule has 0 aliphatic carbocycles. The Kier molecular flexibility index (Phi) is 5.27. The van der Waals surface area contributed by atoms with Crippen molar-refractivity contribution < 1.29 is 13.2 Å².